The van der Waals surface area contributed by atoms with Crippen molar-refractivity contribution in [3.05, 3.63) is 42.0 Å². The predicted molar refractivity (Wildman–Crippen MR) is 105 cm³/mol. The van der Waals surface area contributed by atoms with Crippen LogP contribution < -0.4 is 5.32 Å². The van der Waals surface area contributed by atoms with Gasteiger partial charge in [0.25, 0.3) is 0 Å². The number of carboxylic acid groups (broad SMARTS) is 2. The van der Waals surface area contributed by atoms with Gasteiger partial charge in [-0.15, -0.1) is 11.8 Å². The highest BCUT2D eigenvalue weighted by Crippen LogP contribution is 2.24. The van der Waals surface area contributed by atoms with Gasteiger partial charge in [0.1, 0.15) is 0 Å². The Kier molecular flexibility index (Phi) is 10.0. The second-order valence-electron chi connectivity index (χ2n) is 6.23. The van der Waals surface area contributed by atoms with Gasteiger partial charge in [-0.3, -0.25) is 4.90 Å². The molecule has 3 N–H and O–H groups in total. The molecule has 1 atom stereocenters. The number of hydrogen-bond donors (Lipinski definition) is 3. The van der Waals surface area contributed by atoms with Crippen molar-refractivity contribution in [2.45, 2.75) is 43.8 Å². The molecule has 26 heavy (non-hydrogen) atoms. The zero-order chi connectivity index (χ0) is 19.5. The fraction of sp³-hybridized carbons (Fsp3) is 0.474. The quantitative estimate of drug-likeness (QED) is 0.495. The lowest BCUT2D eigenvalue weighted by Crippen LogP contribution is -2.41. The topological polar surface area (TPSA) is 89.9 Å². The lowest BCUT2D eigenvalue weighted by Gasteiger charge is -2.32. The summed E-state index contributed by atoms with van der Waals surface area (Å²) in [6.45, 7) is 7.98. The van der Waals surface area contributed by atoms with E-state index in [0.717, 1.165) is 19.6 Å². The summed E-state index contributed by atoms with van der Waals surface area (Å²) in [7, 11) is 0. The van der Waals surface area contributed by atoms with Gasteiger partial charge in [-0.1, -0.05) is 18.2 Å². The second-order valence-corrected chi connectivity index (χ2v) is 7.08. The molecule has 1 saturated heterocycles. The molecule has 1 aromatic carbocycles. The standard InChI is InChI=1S/C15H24N2S.C4H4O4/c1-12(2)17(14-8-9-16-10-14)11-13-6-4-5-7-15(13)18-3;5-3(6)1-2-4(7)8/h4-7,12,14,16H,8-11H2,1-3H3;1-2H,(H,5,6)(H,7,8)/b;2-1+. The molecule has 0 saturated carbocycles. The summed E-state index contributed by atoms with van der Waals surface area (Å²) in [5.41, 5.74) is 1.46. The van der Waals surface area contributed by atoms with Crippen LogP contribution >= 0.6 is 11.8 Å². The first-order chi connectivity index (χ1) is 12.3. The van der Waals surface area contributed by atoms with Crippen molar-refractivity contribution in [3.8, 4) is 0 Å². The molecule has 0 aromatic heterocycles. The molecule has 1 fully saturated rings. The van der Waals surface area contributed by atoms with Gasteiger partial charge in [-0.25, -0.2) is 9.59 Å². The Balaban J connectivity index is 0.000000359. The molecule has 1 aliphatic heterocycles. The summed E-state index contributed by atoms with van der Waals surface area (Å²) in [4.78, 5) is 23.2. The lowest BCUT2D eigenvalue weighted by molar-refractivity contribution is -0.134. The van der Waals surface area contributed by atoms with E-state index in [2.05, 4.69) is 54.6 Å². The molecule has 0 radical (unpaired) electrons. The van der Waals surface area contributed by atoms with Crippen LogP contribution in [0.4, 0.5) is 0 Å². The molecular weight excluding hydrogens is 352 g/mol. The van der Waals surface area contributed by atoms with Crippen LogP contribution in [0.2, 0.25) is 0 Å². The van der Waals surface area contributed by atoms with E-state index in [4.69, 9.17) is 10.2 Å². The van der Waals surface area contributed by atoms with Crippen LogP contribution in [0.3, 0.4) is 0 Å². The second kappa shape index (κ2) is 11.7. The molecule has 1 unspecified atom stereocenters. The Labute approximate surface area is 159 Å². The Morgan fingerprint density at radius 1 is 1.27 bits per heavy atom. The van der Waals surface area contributed by atoms with Crippen molar-refractivity contribution in [1.29, 1.82) is 0 Å². The molecule has 0 spiro atoms. The van der Waals surface area contributed by atoms with E-state index in [1.165, 1.54) is 16.9 Å². The number of carbonyl (C=O) groups is 2. The molecule has 1 aliphatic rings. The van der Waals surface area contributed by atoms with Gasteiger partial charge in [0.2, 0.25) is 0 Å². The Morgan fingerprint density at radius 3 is 2.35 bits per heavy atom. The number of benzene rings is 1. The molecule has 1 heterocycles. The summed E-state index contributed by atoms with van der Waals surface area (Å²) >= 11 is 1.85. The number of nitrogens with one attached hydrogen (secondary N) is 1. The molecular formula is C19H28N2O4S. The maximum Gasteiger partial charge on any atom is 0.328 e. The zero-order valence-electron chi connectivity index (χ0n) is 15.5. The Hall–Kier alpha value is -1.83. The van der Waals surface area contributed by atoms with Crippen LogP contribution in [0.25, 0.3) is 0 Å². The van der Waals surface area contributed by atoms with Crippen LogP contribution in [0.1, 0.15) is 25.8 Å². The Morgan fingerprint density at radius 2 is 1.88 bits per heavy atom. The summed E-state index contributed by atoms with van der Waals surface area (Å²) in [5.74, 6) is -2.51. The molecule has 0 aliphatic carbocycles. The van der Waals surface area contributed by atoms with Gasteiger partial charge >= 0.3 is 11.9 Å². The largest absolute Gasteiger partial charge is 0.478 e. The average Bonchev–Trinajstić information content (AvgIpc) is 3.12. The molecule has 0 amide bonds. The molecule has 2 rings (SSSR count). The smallest absolute Gasteiger partial charge is 0.328 e. The van der Waals surface area contributed by atoms with Crippen LogP contribution in [-0.4, -0.2) is 58.5 Å². The van der Waals surface area contributed by atoms with Crippen LogP contribution in [0.5, 0.6) is 0 Å². The van der Waals surface area contributed by atoms with E-state index in [1.807, 2.05) is 11.8 Å². The molecule has 6 nitrogen and oxygen atoms in total. The first-order valence-electron chi connectivity index (χ1n) is 8.57. The fourth-order valence-electron chi connectivity index (χ4n) is 2.83. The minimum Gasteiger partial charge on any atom is -0.478 e. The van der Waals surface area contributed by atoms with Crippen molar-refractivity contribution in [2.24, 2.45) is 0 Å². The third-order valence-electron chi connectivity index (χ3n) is 4.08. The van der Waals surface area contributed by atoms with E-state index >= 15 is 0 Å². The number of nitrogens with zero attached hydrogens (tertiary/aromatic N) is 1. The van der Waals surface area contributed by atoms with Crippen molar-refractivity contribution in [3.63, 3.8) is 0 Å². The minimum atomic E-state index is -1.26. The average molecular weight is 381 g/mol. The van der Waals surface area contributed by atoms with E-state index < -0.39 is 11.9 Å². The summed E-state index contributed by atoms with van der Waals surface area (Å²) < 4.78 is 0. The van der Waals surface area contributed by atoms with Gasteiger partial charge in [-0.2, -0.15) is 0 Å². The first kappa shape index (κ1) is 22.2. The lowest BCUT2D eigenvalue weighted by atomic mass is 10.1. The normalized spacial score (nSPS) is 16.7. The maximum absolute atomic E-state index is 9.55. The highest BCUT2D eigenvalue weighted by atomic mass is 32.2. The number of hydrogen-bond acceptors (Lipinski definition) is 5. The third kappa shape index (κ3) is 8.03. The number of thioether (sulfide) groups is 1. The van der Waals surface area contributed by atoms with E-state index in [0.29, 0.717) is 24.2 Å². The van der Waals surface area contributed by atoms with Crippen LogP contribution in [0, 0.1) is 0 Å². The van der Waals surface area contributed by atoms with Crippen molar-refractivity contribution < 1.29 is 19.8 Å². The van der Waals surface area contributed by atoms with E-state index in [-0.39, 0.29) is 0 Å². The number of rotatable bonds is 7. The van der Waals surface area contributed by atoms with Gasteiger partial charge < -0.3 is 15.5 Å². The summed E-state index contributed by atoms with van der Waals surface area (Å²) in [6.07, 6.45) is 4.56. The number of carboxylic acids is 2. The van der Waals surface area contributed by atoms with Crippen molar-refractivity contribution >= 4 is 23.7 Å². The van der Waals surface area contributed by atoms with Crippen molar-refractivity contribution in [1.82, 2.24) is 10.2 Å². The highest BCUT2D eigenvalue weighted by Gasteiger charge is 2.24. The highest BCUT2D eigenvalue weighted by molar-refractivity contribution is 7.98. The minimum absolute atomic E-state index is 0.558. The van der Waals surface area contributed by atoms with Crippen molar-refractivity contribution in [2.75, 3.05) is 19.3 Å². The van der Waals surface area contributed by atoms with Gasteiger partial charge in [0.15, 0.2) is 0 Å². The SMILES string of the molecule is CSc1ccccc1CN(C(C)C)C1CCNC1.O=C(O)/C=C/C(=O)O. The maximum atomic E-state index is 9.55. The van der Waals surface area contributed by atoms with E-state index in [1.54, 1.807) is 0 Å². The van der Waals surface area contributed by atoms with Gasteiger partial charge in [0.05, 0.1) is 0 Å². The van der Waals surface area contributed by atoms with Crippen LogP contribution in [0.15, 0.2) is 41.3 Å². The zero-order valence-corrected chi connectivity index (χ0v) is 16.3. The van der Waals surface area contributed by atoms with Gasteiger partial charge in [-0.05, 0) is 44.7 Å². The molecule has 144 valence electrons. The summed E-state index contributed by atoms with van der Waals surface area (Å²) in [6, 6.07) is 10.1. The molecule has 1 aromatic rings. The monoisotopic (exact) mass is 380 g/mol. The first-order valence-corrected chi connectivity index (χ1v) is 9.80. The molecule has 7 heteroatoms. The third-order valence-corrected chi connectivity index (χ3v) is 4.92. The van der Waals surface area contributed by atoms with Crippen LogP contribution in [-0.2, 0) is 16.1 Å². The predicted octanol–water partition coefficient (Wildman–Crippen LogP) is 2.69. The number of aliphatic carboxylic acids is 2. The van der Waals surface area contributed by atoms with Gasteiger partial charge in [0, 0.05) is 42.2 Å². The Bertz CT molecular complexity index is 597. The fourth-order valence-corrected chi connectivity index (χ4v) is 3.44. The van der Waals surface area contributed by atoms with E-state index in [9.17, 15) is 9.59 Å². The summed E-state index contributed by atoms with van der Waals surface area (Å²) in [5, 5.41) is 19.1. The molecule has 0 bridgehead atoms.